The van der Waals surface area contributed by atoms with Crippen LogP contribution >= 0.6 is 22.6 Å². The third kappa shape index (κ3) is 2.42. The lowest BCUT2D eigenvalue weighted by atomic mass is 9.90. The first-order valence-corrected chi connectivity index (χ1v) is 8.31. The molecular formula is C17H10F3IN2O. The van der Waals surface area contributed by atoms with Crippen LogP contribution in [-0.4, -0.2) is 14.5 Å². The number of rotatable bonds is 0. The normalized spacial score (nSPS) is 17.7. The number of carbonyl (C=O) groups excluding carboxylic acids is 1. The van der Waals surface area contributed by atoms with Gasteiger partial charge >= 0.3 is 6.18 Å². The second-order valence-corrected chi connectivity index (χ2v) is 6.81. The monoisotopic (exact) mass is 442 g/mol. The molecular weight excluding hydrogens is 432 g/mol. The van der Waals surface area contributed by atoms with E-state index in [0.717, 1.165) is 15.9 Å². The van der Waals surface area contributed by atoms with Crippen LogP contribution in [0, 0.1) is 0 Å². The van der Waals surface area contributed by atoms with Crippen molar-refractivity contribution in [3.05, 3.63) is 52.7 Å². The van der Waals surface area contributed by atoms with E-state index >= 15 is 0 Å². The number of aromatic nitrogens is 1. The standard InChI is InChI=1S/C17H10F3IN2O/c18-17(19,20)8-4-5-12-10(6-8)11-7-13(24)9-2-1-3-14(21)23-15(9)16(11)22-12/h1,3-6,22H,2,7H2. The zero-order valence-electron chi connectivity index (χ0n) is 12.2. The summed E-state index contributed by atoms with van der Waals surface area (Å²) in [5, 5.41) is 0.433. The lowest BCUT2D eigenvalue weighted by molar-refractivity contribution is -0.137. The number of aromatic amines is 1. The van der Waals surface area contributed by atoms with E-state index < -0.39 is 11.7 Å². The lowest BCUT2D eigenvalue weighted by Crippen LogP contribution is -2.14. The first-order chi connectivity index (χ1) is 11.3. The molecule has 2 aliphatic rings. The lowest BCUT2D eigenvalue weighted by Gasteiger charge is -2.16. The summed E-state index contributed by atoms with van der Waals surface area (Å²) in [4.78, 5) is 20.1. The fraction of sp³-hybridized carbons (Fsp3) is 0.176. The predicted molar refractivity (Wildman–Crippen MR) is 94.1 cm³/mol. The number of nitrogens with zero attached hydrogens (tertiary/aromatic N) is 1. The van der Waals surface area contributed by atoms with Crippen molar-refractivity contribution < 1.29 is 18.0 Å². The summed E-state index contributed by atoms with van der Waals surface area (Å²) in [6.07, 6.45) is -0.138. The van der Waals surface area contributed by atoms with Crippen molar-refractivity contribution in [3.63, 3.8) is 0 Å². The summed E-state index contributed by atoms with van der Waals surface area (Å²) in [6.45, 7) is 0. The van der Waals surface area contributed by atoms with Crippen molar-refractivity contribution in [1.29, 1.82) is 0 Å². The number of aliphatic imine (C=N–C) groups is 1. The maximum atomic E-state index is 13.0. The van der Waals surface area contributed by atoms with Crippen molar-refractivity contribution in [2.75, 3.05) is 0 Å². The van der Waals surface area contributed by atoms with Gasteiger partial charge in [-0.05, 0) is 58.9 Å². The van der Waals surface area contributed by atoms with Crippen molar-refractivity contribution >= 4 is 48.7 Å². The molecule has 0 atom stereocenters. The molecule has 2 aromatic rings. The molecule has 0 spiro atoms. The highest BCUT2D eigenvalue weighted by atomic mass is 127. The molecule has 0 amide bonds. The molecule has 7 heteroatoms. The Morgan fingerprint density at radius 2 is 2.04 bits per heavy atom. The van der Waals surface area contributed by atoms with Crippen molar-refractivity contribution in [1.82, 2.24) is 4.98 Å². The number of nitrogens with one attached hydrogen (secondary N) is 1. The Bertz CT molecular complexity index is 980. The van der Waals surface area contributed by atoms with E-state index in [2.05, 4.69) is 32.6 Å². The van der Waals surface area contributed by atoms with E-state index in [9.17, 15) is 18.0 Å². The van der Waals surface area contributed by atoms with Crippen molar-refractivity contribution in [2.45, 2.75) is 19.0 Å². The maximum absolute atomic E-state index is 13.0. The number of carbonyl (C=O) groups is 1. The highest BCUT2D eigenvalue weighted by molar-refractivity contribution is 14.1. The summed E-state index contributed by atoms with van der Waals surface area (Å²) < 4.78 is 39.7. The number of H-pyrrole nitrogens is 1. The molecule has 1 N–H and O–H groups in total. The molecule has 0 saturated heterocycles. The largest absolute Gasteiger partial charge is 0.416 e. The van der Waals surface area contributed by atoms with Crippen molar-refractivity contribution in [3.8, 4) is 0 Å². The molecule has 0 saturated carbocycles. The van der Waals surface area contributed by atoms with Crippen LogP contribution in [0.1, 0.15) is 23.2 Å². The van der Waals surface area contributed by atoms with Crippen LogP contribution in [0.4, 0.5) is 13.2 Å². The van der Waals surface area contributed by atoms with Gasteiger partial charge in [0.2, 0.25) is 0 Å². The number of halogens is 4. The number of allylic oxidation sites excluding steroid dienone is 3. The number of fused-ring (bicyclic) bond motifs is 4. The van der Waals surface area contributed by atoms with E-state index in [1.165, 1.54) is 6.07 Å². The Labute approximate surface area is 148 Å². The summed E-state index contributed by atoms with van der Waals surface area (Å²) >= 11 is 2.07. The molecule has 1 aromatic carbocycles. The highest BCUT2D eigenvalue weighted by Gasteiger charge is 2.33. The van der Waals surface area contributed by atoms with E-state index in [0.29, 0.717) is 39.9 Å². The number of hydrogen-bond donors (Lipinski definition) is 1. The Morgan fingerprint density at radius 3 is 2.79 bits per heavy atom. The molecule has 1 aromatic heterocycles. The number of alkyl halides is 3. The summed E-state index contributed by atoms with van der Waals surface area (Å²) in [7, 11) is 0. The minimum atomic E-state index is -4.42. The van der Waals surface area contributed by atoms with Gasteiger partial charge in [0.15, 0.2) is 5.78 Å². The molecule has 3 nitrogen and oxygen atoms in total. The van der Waals surface area contributed by atoms with E-state index in [1.807, 2.05) is 12.2 Å². The number of ketones is 1. The average Bonchev–Trinajstić information content (AvgIpc) is 2.74. The first kappa shape index (κ1) is 15.6. The van der Waals surface area contributed by atoms with Crippen LogP contribution < -0.4 is 0 Å². The predicted octanol–water partition coefficient (Wildman–Crippen LogP) is 4.82. The van der Waals surface area contributed by atoms with Gasteiger partial charge in [0.1, 0.15) is 3.72 Å². The third-order valence-corrected chi connectivity index (χ3v) is 4.83. The SMILES string of the molecule is O=C1Cc2c([nH]c3ccc(C(F)(F)F)cc23)C2=C1CC=CC(I)=N2. The Kier molecular flexibility index (Phi) is 3.45. The molecule has 1 aliphatic carbocycles. The smallest absolute Gasteiger partial charge is 0.353 e. The quantitative estimate of drug-likeness (QED) is 0.585. The Morgan fingerprint density at radius 1 is 1.25 bits per heavy atom. The Balaban J connectivity index is 1.98. The maximum Gasteiger partial charge on any atom is 0.416 e. The minimum absolute atomic E-state index is 0.0877. The number of Topliss-reactive ketones (excluding diaryl/α,β-unsaturated/α-hetero) is 1. The van der Waals surface area contributed by atoms with Crippen LogP contribution in [0.15, 0.2) is 40.9 Å². The van der Waals surface area contributed by atoms with E-state index in [4.69, 9.17) is 0 Å². The van der Waals surface area contributed by atoms with Gasteiger partial charge in [-0.2, -0.15) is 13.2 Å². The van der Waals surface area contributed by atoms with Gasteiger partial charge in [-0.3, -0.25) is 4.79 Å². The van der Waals surface area contributed by atoms with Gasteiger partial charge < -0.3 is 4.98 Å². The second-order valence-electron chi connectivity index (χ2n) is 5.70. The molecule has 4 rings (SSSR count). The van der Waals surface area contributed by atoms with Gasteiger partial charge in [-0.1, -0.05) is 6.08 Å². The zero-order valence-corrected chi connectivity index (χ0v) is 14.3. The van der Waals surface area contributed by atoms with Crippen molar-refractivity contribution in [2.24, 2.45) is 4.99 Å². The highest BCUT2D eigenvalue weighted by Crippen LogP contribution is 2.39. The molecule has 0 fully saturated rings. The van der Waals surface area contributed by atoms with Crippen LogP contribution in [0.25, 0.3) is 16.6 Å². The molecule has 0 unspecified atom stereocenters. The Hall–Kier alpha value is -1.90. The summed E-state index contributed by atoms with van der Waals surface area (Å²) in [6, 6.07) is 3.56. The topological polar surface area (TPSA) is 45.2 Å². The number of hydrogen-bond acceptors (Lipinski definition) is 2. The van der Waals surface area contributed by atoms with E-state index in [-0.39, 0.29) is 12.2 Å². The van der Waals surface area contributed by atoms with Gasteiger partial charge in [-0.25, -0.2) is 4.99 Å². The molecule has 24 heavy (non-hydrogen) atoms. The van der Waals surface area contributed by atoms with Crippen LogP contribution in [0.5, 0.6) is 0 Å². The summed E-state index contributed by atoms with van der Waals surface area (Å²) in [5.41, 5.74) is 2.25. The van der Waals surface area contributed by atoms with Gasteiger partial charge in [0.25, 0.3) is 0 Å². The minimum Gasteiger partial charge on any atom is -0.353 e. The van der Waals surface area contributed by atoms with Crippen LogP contribution in [-0.2, 0) is 17.4 Å². The fourth-order valence-corrected chi connectivity index (χ4v) is 3.61. The van der Waals surface area contributed by atoms with E-state index in [1.54, 1.807) is 0 Å². The fourth-order valence-electron chi connectivity index (χ4n) is 3.11. The van der Waals surface area contributed by atoms with Crippen LogP contribution in [0.3, 0.4) is 0 Å². The van der Waals surface area contributed by atoms with Gasteiger partial charge in [-0.15, -0.1) is 0 Å². The third-order valence-electron chi connectivity index (χ3n) is 4.23. The molecule has 122 valence electrons. The number of benzene rings is 1. The first-order valence-electron chi connectivity index (χ1n) is 7.24. The molecule has 2 heterocycles. The van der Waals surface area contributed by atoms with Gasteiger partial charge in [0.05, 0.1) is 17.0 Å². The molecule has 1 aliphatic heterocycles. The zero-order chi connectivity index (χ0) is 17.1. The summed E-state index contributed by atoms with van der Waals surface area (Å²) in [5.74, 6) is -0.0877. The molecule has 0 bridgehead atoms. The second kappa shape index (κ2) is 5.30. The van der Waals surface area contributed by atoms with Gasteiger partial charge in [0, 0.05) is 22.9 Å². The average molecular weight is 442 g/mol. The molecule has 0 radical (unpaired) electrons. The van der Waals surface area contributed by atoms with Crippen LogP contribution in [0.2, 0.25) is 0 Å².